The Hall–Kier alpha value is -4.00. The summed E-state index contributed by atoms with van der Waals surface area (Å²) in [5.41, 5.74) is 2.49. The molecule has 0 radical (unpaired) electrons. The number of hydrogen-bond donors (Lipinski definition) is 2. The highest BCUT2D eigenvalue weighted by atomic mass is 35.5. The number of halogens is 1. The van der Waals surface area contributed by atoms with Gasteiger partial charge in [-0.2, -0.15) is 5.26 Å². The Bertz CT molecular complexity index is 1650. The highest BCUT2D eigenvalue weighted by Gasteiger charge is 2.46. The van der Waals surface area contributed by atoms with Crippen molar-refractivity contribution in [2.75, 3.05) is 10.6 Å². The van der Waals surface area contributed by atoms with Crippen molar-refractivity contribution in [2.24, 2.45) is 5.92 Å². The predicted octanol–water partition coefficient (Wildman–Crippen LogP) is 6.60. The number of aromatic nitrogens is 2. The van der Waals surface area contributed by atoms with Crippen LogP contribution < -0.4 is 15.4 Å². The predicted molar refractivity (Wildman–Crippen MR) is 146 cm³/mol. The molecule has 0 atom stereocenters. The normalized spacial score (nSPS) is 15.5. The van der Waals surface area contributed by atoms with Crippen LogP contribution in [-0.4, -0.2) is 21.8 Å². The summed E-state index contributed by atoms with van der Waals surface area (Å²) in [7, 11) is 0. The lowest BCUT2D eigenvalue weighted by Crippen LogP contribution is -2.15. The molecule has 0 unspecified atom stereocenters. The minimum absolute atomic E-state index is 0.000129. The van der Waals surface area contributed by atoms with Gasteiger partial charge in [-0.05, 0) is 61.9 Å². The van der Waals surface area contributed by atoms with Gasteiger partial charge >= 0.3 is 0 Å². The number of thiazole rings is 1. The van der Waals surface area contributed by atoms with Crippen LogP contribution in [0.1, 0.15) is 47.2 Å². The second-order valence-electron chi connectivity index (χ2n) is 9.65. The molecule has 190 valence electrons. The van der Waals surface area contributed by atoms with Crippen molar-refractivity contribution >= 4 is 55.9 Å². The Morgan fingerprint density at radius 2 is 1.95 bits per heavy atom. The SMILES string of the molecule is Cc1ccc(NC(=O)c2cccc(C3(C#N)CC3)c2Cl)cc1Oc1ccc2nc(NC(=O)C3CC3)sc2n1. The third-order valence-corrected chi connectivity index (χ3v) is 8.08. The highest BCUT2D eigenvalue weighted by molar-refractivity contribution is 7.21. The molecule has 0 aliphatic heterocycles. The van der Waals surface area contributed by atoms with Gasteiger partial charge in [0.05, 0.1) is 22.1 Å². The molecular weight excluding hydrogens is 522 g/mol. The molecular formula is C28H22ClN5O3S. The lowest BCUT2D eigenvalue weighted by atomic mass is 9.95. The van der Waals surface area contributed by atoms with Crippen molar-refractivity contribution in [1.82, 2.24) is 9.97 Å². The summed E-state index contributed by atoms with van der Waals surface area (Å²) < 4.78 is 6.06. The highest BCUT2D eigenvalue weighted by Crippen LogP contribution is 2.50. The molecule has 0 spiro atoms. The Kier molecular flexibility index (Phi) is 6.01. The molecule has 6 rings (SSSR count). The van der Waals surface area contributed by atoms with E-state index in [2.05, 4.69) is 26.7 Å². The van der Waals surface area contributed by atoms with Crippen LogP contribution in [0.15, 0.2) is 48.5 Å². The quantitative estimate of drug-likeness (QED) is 0.271. The van der Waals surface area contributed by atoms with E-state index in [-0.39, 0.29) is 17.7 Å². The monoisotopic (exact) mass is 543 g/mol. The van der Waals surface area contributed by atoms with E-state index in [0.717, 1.165) is 31.2 Å². The van der Waals surface area contributed by atoms with Gasteiger partial charge in [-0.15, -0.1) is 0 Å². The molecule has 2 aromatic carbocycles. The van der Waals surface area contributed by atoms with E-state index in [1.165, 1.54) is 11.3 Å². The first kappa shape index (κ1) is 24.3. The lowest BCUT2D eigenvalue weighted by Gasteiger charge is -2.14. The molecule has 2 amide bonds. The average molecular weight is 544 g/mol. The van der Waals surface area contributed by atoms with Crippen LogP contribution >= 0.6 is 22.9 Å². The maximum Gasteiger partial charge on any atom is 0.257 e. The van der Waals surface area contributed by atoms with Crippen LogP contribution in [0.25, 0.3) is 10.3 Å². The number of anilines is 2. The maximum absolute atomic E-state index is 13.1. The molecule has 10 heteroatoms. The molecule has 0 saturated heterocycles. The molecule has 38 heavy (non-hydrogen) atoms. The Balaban J connectivity index is 1.19. The number of ether oxygens (including phenoxy) is 1. The number of rotatable bonds is 7. The maximum atomic E-state index is 13.1. The van der Waals surface area contributed by atoms with Crippen LogP contribution in [-0.2, 0) is 10.2 Å². The van der Waals surface area contributed by atoms with E-state index in [9.17, 15) is 14.9 Å². The summed E-state index contributed by atoms with van der Waals surface area (Å²) in [6.45, 7) is 1.90. The van der Waals surface area contributed by atoms with Crippen LogP contribution in [0.3, 0.4) is 0 Å². The molecule has 2 N–H and O–H groups in total. The van der Waals surface area contributed by atoms with Crippen molar-refractivity contribution in [1.29, 1.82) is 5.26 Å². The van der Waals surface area contributed by atoms with E-state index in [4.69, 9.17) is 16.3 Å². The molecule has 0 bridgehead atoms. The van der Waals surface area contributed by atoms with E-state index in [1.54, 1.807) is 36.4 Å². The van der Waals surface area contributed by atoms with Gasteiger partial charge in [0.25, 0.3) is 5.91 Å². The lowest BCUT2D eigenvalue weighted by molar-refractivity contribution is -0.117. The van der Waals surface area contributed by atoms with Gasteiger partial charge in [0.2, 0.25) is 11.8 Å². The molecule has 8 nitrogen and oxygen atoms in total. The van der Waals surface area contributed by atoms with Crippen LogP contribution in [0.4, 0.5) is 10.8 Å². The third-order valence-electron chi connectivity index (χ3n) is 6.79. The number of nitriles is 1. The minimum atomic E-state index is -0.589. The van der Waals surface area contributed by atoms with E-state index < -0.39 is 5.41 Å². The van der Waals surface area contributed by atoms with Gasteiger partial charge in [-0.1, -0.05) is 41.1 Å². The first-order chi connectivity index (χ1) is 18.3. The fourth-order valence-corrected chi connectivity index (χ4v) is 5.43. The second-order valence-corrected chi connectivity index (χ2v) is 11.0. The smallest absolute Gasteiger partial charge is 0.257 e. The van der Waals surface area contributed by atoms with E-state index >= 15 is 0 Å². The summed E-state index contributed by atoms with van der Waals surface area (Å²) in [6, 6.07) is 16.4. The number of pyridine rings is 1. The van der Waals surface area contributed by atoms with E-state index in [1.807, 2.05) is 19.1 Å². The standard InChI is InChI=1S/C28H22ClN5O3S/c1-15-5-8-17(31-25(36)18-3-2-4-19(23(18)29)28(14-30)11-12-28)13-21(15)37-22-10-9-20-26(33-22)38-27(32-20)34-24(35)16-6-7-16/h2-5,8-10,13,16H,6-7,11-12H2,1H3,(H,31,36)(H,32,34,35). The molecule has 2 aliphatic rings. The Morgan fingerprint density at radius 1 is 1.13 bits per heavy atom. The fraction of sp³-hybridized carbons (Fsp3) is 0.250. The average Bonchev–Trinajstić information content (AvgIpc) is 3.83. The number of aryl methyl sites for hydroxylation is 1. The van der Waals surface area contributed by atoms with Crippen LogP contribution in [0, 0.1) is 24.2 Å². The molecule has 2 aliphatic carbocycles. The van der Waals surface area contributed by atoms with Gasteiger partial charge in [-0.25, -0.2) is 9.97 Å². The first-order valence-corrected chi connectivity index (χ1v) is 13.4. The first-order valence-electron chi connectivity index (χ1n) is 12.2. The van der Waals surface area contributed by atoms with Crippen LogP contribution in [0.5, 0.6) is 11.6 Å². The second kappa shape index (κ2) is 9.39. The third kappa shape index (κ3) is 4.69. The number of carbonyl (C=O) groups excluding carboxylic acids is 2. The topological polar surface area (TPSA) is 117 Å². The van der Waals surface area contributed by atoms with E-state index in [0.29, 0.717) is 48.9 Å². The number of nitrogens with zero attached hydrogens (tertiary/aromatic N) is 3. The summed E-state index contributed by atoms with van der Waals surface area (Å²) in [6.07, 6.45) is 3.33. The van der Waals surface area contributed by atoms with Gasteiger partial charge in [0, 0.05) is 23.7 Å². The zero-order valence-electron chi connectivity index (χ0n) is 20.4. The molecule has 2 saturated carbocycles. The van der Waals surface area contributed by atoms with Gasteiger partial charge in [-0.3, -0.25) is 9.59 Å². The van der Waals surface area contributed by atoms with Crippen molar-refractivity contribution < 1.29 is 14.3 Å². The van der Waals surface area contributed by atoms with Crippen LogP contribution in [0.2, 0.25) is 5.02 Å². The summed E-state index contributed by atoms with van der Waals surface area (Å²) in [5, 5.41) is 16.1. The fourth-order valence-electron chi connectivity index (χ4n) is 4.21. The van der Waals surface area contributed by atoms with Crippen molar-refractivity contribution in [3.8, 4) is 17.7 Å². The largest absolute Gasteiger partial charge is 0.439 e. The number of fused-ring (bicyclic) bond motifs is 1. The van der Waals surface area contributed by atoms with Crippen molar-refractivity contribution in [3.05, 3.63) is 70.2 Å². The summed E-state index contributed by atoms with van der Waals surface area (Å²) in [5.74, 6) is 0.625. The Labute approximate surface area is 227 Å². The number of hydrogen-bond acceptors (Lipinski definition) is 7. The number of carbonyl (C=O) groups is 2. The van der Waals surface area contributed by atoms with Crippen molar-refractivity contribution in [3.63, 3.8) is 0 Å². The minimum Gasteiger partial charge on any atom is -0.439 e. The number of amides is 2. The summed E-state index contributed by atoms with van der Waals surface area (Å²) >= 11 is 7.86. The number of nitrogens with one attached hydrogen (secondary N) is 2. The van der Waals surface area contributed by atoms with Gasteiger partial charge < -0.3 is 15.4 Å². The van der Waals surface area contributed by atoms with Crippen molar-refractivity contribution in [2.45, 2.75) is 38.0 Å². The Morgan fingerprint density at radius 3 is 2.68 bits per heavy atom. The van der Waals surface area contributed by atoms with Gasteiger partial charge in [0.1, 0.15) is 16.1 Å². The molecule has 2 fully saturated rings. The molecule has 4 aromatic rings. The zero-order chi connectivity index (χ0) is 26.4. The zero-order valence-corrected chi connectivity index (χ0v) is 21.9. The number of benzene rings is 2. The molecule has 2 heterocycles. The molecule has 2 aromatic heterocycles. The van der Waals surface area contributed by atoms with Gasteiger partial charge in [0.15, 0.2) is 5.13 Å². The summed E-state index contributed by atoms with van der Waals surface area (Å²) in [4.78, 5) is 34.8.